The van der Waals surface area contributed by atoms with E-state index < -0.39 is 23.2 Å². The summed E-state index contributed by atoms with van der Waals surface area (Å²) < 4.78 is 10.6. The molecule has 1 aliphatic heterocycles. The van der Waals surface area contributed by atoms with E-state index in [0.717, 1.165) is 4.90 Å². The molecule has 5 heteroatoms. The van der Waals surface area contributed by atoms with Gasteiger partial charge in [-0.25, -0.2) is 9.69 Å². The van der Waals surface area contributed by atoms with E-state index in [1.165, 1.54) is 6.26 Å². The third-order valence-corrected chi connectivity index (χ3v) is 3.11. The second-order valence-corrected chi connectivity index (χ2v) is 6.30. The van der Waals surface area contributed by atoms with Gasteiger partial charge in [-0.1, -0.05) is 0 Å². The monoisotopic (exact) mass is 265 g/mol. The molecule has 0 unspecified atom stereocenters. The minimum atomic E-state index is -0.658. The van der Waals surface area contributed by atoms with Crippen LogP contribution in [-0.2, 0) is 9.53 Å². The van der Waals surface area contributed by atoms with Gasteiger partial charge in [-0.3, -0.25) is 4.79 Å². The van der Waals surface area contributed by atoms with Crippen LogP contribution in [0, 0.1) is 5.41 Å². The number of carbonyl (C=O) groups excluding carboxylic acids is 2. The first kappa shape index (κ1) is 13.6. The molecule has 2 heterocycles. The van der Waals surface area contributed by atoms with E-state index in [1.54, 1.807) is 46.8 Å². The Labute approximate surface area is 112 Å². The summed E-state index contributed by atoms with van der Waals surface area (Å²) in [6.07, 6.45) is 0.903. The lowest BCUT2D eigenvalue weighted by Gasteiger charge is -2.49. The number of furan rings is 1. The van der Waals surface area contributed by atoms with E-state index in [0.29, 0.717) is 5.76 Å². The number of β-lactam (4-membered cyclic amide) rings is 1. The average Bonchev–Trinajstić information content (AvgIpc) is 2.74. The molecule has 0 radical (unpaired) electrons. The SMILES string of the molecule is CC(C)(C)OC(=O)N1C(=O)C(C)(C)[C@@H]1c1ccco1. The summed E-state index contributed by atoms with van der Waals surface area (Å²) in [5.74, 6) is 0.346. The molecule has 104 valence electrons. The normalized spacial score (nSPS) is 22.1. The van der Waals surface area contributed by atoms with Crippen LogP contribution in [0.4, 0.5) is 4.79 Å². The van der Waals surface area contributed by atoms with Crippen molar-refractivity contribution in [3.8, 4) is 0 Å². The molecule has 0 N–H and O–H groups in total. The molecular formula is C14H19NO4. The first-order valence-corrected chi connectivity index (χ1v) is 6.24. The molecule has 0 bridgehead atoms. The Morgan fingerprint density at radius 1 is 1.42 bits per heavy atom. The molecule has 1 aromatic rings. The second kappa shape index (κ2) is 4.11. The number of hydrogen-bond donors (Lipinski definition) is 0. The third kappa shape index (κ3) is 2.25. The summed E-state index contributed by atoms with van der Waals surface area (Å²) in [6.45, 7) is 8.89. The minimum absolute atomic E-state index is 0.247. The lowest BCUT2D eigenvalue weighted by molar-refractivity contribution is -0.167. The van der Waals surface area contributed by atoms with Crippen molar-refractivity contribution in [2.45, 2.75) is 46.3 Å². The fraction of sp³-hybridized carbons (Fsp3) is 0.571. The highest BCUT2D eigenvalue weighted by Gasteiger charge is 2.60. The van der Waals surface area contributed by atoms with Crippen LogP contribution in [0.25, 0.3) is 0 Å². The molecule has 1 saturated heterocycles. The standard InChI is InChI=1S/C14H19NO4/c1-13(2,3)19-12(17)15-10(9-7-6-8-18-9)14(4,5)11(15)16/h6-8,10H,1-5H3/t10-/m0/s1. The van der Waals surface area contributed by atoms with Crippen molar-refractivity contribution in [3.63, 3.8) is 0 Å². The molecule has 0 aromatic carbocycles. The van der Waals surface area contributed by atoms with Crippen LogP contribution in [0.5, 0.6) is 0 Å². The summed E-state index contributed by atoms with van der Waals surface area (Å²) in [4.78, 5) is 25.3. The molecule has 1 aromatic heterocycles. The van der Waals surface area contributed by atoms with Crippen molar-refractivity contribution in [3.05, 3.63) is 24.2 Å². The van der Waals surface area contributed by atoms with Crippen molar-refractivity contribution in [2.75, 3.05) is 0 Å². The highest BCUT2D eigenvalue weighted by Crippen LogP contribution is 2.50. The summed E-state index contributed by atoms with van der Waals surface area (Å²) in [6, 6.07) is 3.09. The summed E-state index contributed by atoms with van der Waals surface area (Å²) >= 11 is 0. The van der Waals surface area contributed by atoms with Gasteiger partial charge >= 0.3 is 6.09 Å². The molecule has 0 aliphatic carbocycles. The zero-order chi connectivity index (χ0) is 14.4. The number of nitrogens with zero attached hydrogens (tertiary/aromatic N) is 1. The molecule has 19 heavy (non-hydrogen) atoms. The zero-order valence-electron chi connectivity index (χ0n) is 11.9. The average molecular weight is 265 g/mol. The molecule has 5 nitrogen and oxygen atoms in total. The highest BCUT2D eigenvalue weighted by atomic mass is 16.6. The predicted molar refractivity (Wildman–Crippen MR) is 68.3 cm³/mol. The Hall–Kier alpha value is -1.78. The van der Waals surface area contributed by atoms with Crippen LogP contribution < -0.4 is 0 Å². The number of hydrogen-bond acceptors (Lipinski definition) is 4. The van der Waals surface area contributed by atoms with Crippen molar-refractivity contribution in [2.24, 2.45) is 5.41 Å². The Kier molecular flexibility index (Phi) is 2.96. The maximum absolute atomic E-state index is 12.1. The zero-order valence-corrected chi connectivity index (χ0v) is 11.9. The van der Waals surface area contributed by atoms with Gasteiger partial charge in [0.15, 0.2) is 0 Å². The van der Waals surface area contributed by atoms with E-state index in [4.69, 9.17) is 9.15 Å². The Bertz CT molecular complexity index is 496. The quantitative estimate of drug-likeness (QED) is 0.732. The Morgan fingerprint density at radius 2 is 2.05 bits per heavy atom. The molecular weight excluding hydrogens is 246 g/mol. The number of likely N-dealkylation sites (tertiary alicyclic amines) is 1. The van der Waals surface area contributed by atoms with Crippen LogP contribution in [0.2, 0.25) is 0 Å². The number of ether oxygens (including phenoxy) is 1. The Balaban J connectivity index is 2.25. The van der Waals surface area contributed by atoms with E-state index in [-0.39, 0.29) is 5.91 Å². The minimum Gasteiger partial charge on any atom is -0.467 e. The maximum Gasteiger partial charge on any atom is 0.417 e. The molecule has 1 aliphatic rings. The molecule has 2 amide bonds. The molecule has 1 fully saturated rings. The second-order valence-electron chi connectivity index (χ2n) is 6.30. The van der Waals surface area contributed by atoms with E-state index >= 15 is 0 Å². The number of amides is 2. The largest absolute Gasteiger partial charge is 0.467 e. The van der Waals surface area contributed by atoms with Crippen LogP contribution in [0.1, 0.15) is 46.4 Å². The summed E-state index contributed by atoms with van der Waals surface area (Å²) in [5, 5.41) is 0. The summed E-state index contributed by atoms with van der Waals surface area (Å²) in [5.41, 5.74) is -1.29. The van der Waals surface area contributed by atoms with Crippen LogP contribution >= 0.6 is 0 Å². The van der Waals surface area contributed by atoms with Crippen molar-refractivity contribution in [1.82, 2.24) is 4.90 Å². The van der Waals surface area contributed by atoms with Crippen LogP contribution in [0.15, 0.2) is 22.8 Å². The van der Waals surface area contributed by atoms with E-state index in [2.05, 4.69) is 0 Å². The van der Waals surface area contributed by atoms with Gasteiger partial charge in [-0.05, 0) is 46.8 Å². The van der Waals surface area contributed by atoms with Gasteiger partial charge in [0.2, 0.25) is 5.91 Å². The molecule has 0 saturated carbocycles. The van der Waals surface area contributed by atoms with Gasteiger partial charge in [0.1, 0.15) is 17.4 Å². The summed E-state index contributed by atoms with van der Waals surface area (Å²) in [7, 11) is 0. The highest BCUT2D eigenvalue weighted by molar-refractivity contribution is 6.01. The van der Waals surface area contributed by atoms with Crippen molar-refractivity contribution in [1.29, 1.82) is 0 Å². The smallest absolute Gasteiger partial charge is 0.417 e. The fourth-order valence-corrected chi connectivity index (χ4v) is 2.23. The van der Waals surface area contributed by atoms with Crippen molar-refractivity contribution < 1.29 is 18.7 Å². The molecule has 1 atom stereocenters. The van der Waals surface area contributed by atoms with Gasteiger partial charge < -0.3 is 9.15 Å². The van der Waals surface area contributed by atoms with E-state index in [1.807, 2.05) is 0 Å². The first-order chi connectivity index (χ1) is 8.64. The van der Waals surface area contributed by atoms with E-state index in [9.17, 15) is 9.59 Å². The van der Waals surface area contributed by atoms with Gasteiger partial charge in [-0.15, -0.1) is 0 Å². The molecule has 2 rings (SSSR count). The Morgan fingerprint density at radius 3 is 2.53 bits per heavy atom. The third-order valence-electron chi connectivity index (χ3n) is 3.11. The molecule has 0 spiro atoms. The lowest BCUT2D eigenvalue weighted by atomic mass is 9.73. The van der Waals surface area contributed by atoms with Crippen LogP contribution in [0.3, 0.4) is 0 Å². The van der Waals surface area contributed by atoms with Gasteiger partial charge in [-0.2, -0.15) is 0 Å². The van der Waals surface area contributed by atoms with Crippen molar-refractivity contribution >= 4 is 12.0 Å². The predicted octanol–water partition coefficient (Wildman–Crippen LogP) is 3.12. The maximum atomic E-state index is 12.1. The van der Waals surface area contributed by atoms with Crippen LogP contribution in [-0.4, -0.2) is 22.5 Å². The topological polar surface area (TPSA) is 59.8 Å². The van der Waals surface area contributed by atoms with Gasteiger partial charge in [0, 0.05) is 0 Å². The number of imide groups is 1. The van der Waals surface area contributed by atoms with Gasteiger partial charge in [0.05, 0.1) is 11.7 Å². The lowest BCUT2D eigenvalue weighted by Crippen LogP contribution is -2.63. The van der Waals surface area contributed by atoms with Gasteiger partial charge in [0.25, 0.3) is 0 Å². The fourth-order valence-electron chi connectivity index (χ4n) is 2.23. The first-order valence-electron chi connectivity index (χ1n) is 6.24. The number of carbonyl (C=O) groups is 2. The number of rotatable bonds is 1.